The lowest BCUT2D eigenvalue weighted by molar-refractivity contribution is -0.112. The minimum atomic E-state index is -0.635. The van der Waals surface area contributed by atoms with E-state index in [1.165, 1.54) is 0 Å². The van der Waals surface area contributed by atoms with E-state index in [0.717, 1.165) is 12.1 Å². The van der Waals surface area contributed by atoms with Crippen LogP contribution in [0, 0.1) is 11.8 Å². The van der Waals surface area contributed by atoms with Crippen molar-refractivity contribution >= 4 is 5.91 Å². The number of aromatic nitrogens is 1. The van der Waals surface area contributed by atoms with Crippen LogP contribution in [0.1, 0.15) is 18.3 Å². The normalized spacial score (nSPS) is 8.69. The molecule has 0 saturated carbocycles. The van der Waals surface area contributed by atoms with Gasteiger partial charge in [0.15, 0.2) is 0 Å². The molecule has 0 aromatic carbocycles. The van der Waals surface area contributed by atoms with Crippen LogP contribution in [0.2, 0.25) is 0 Å². The molecular formula is C10H10N2O. The zero-order valence-electron chi connectivity index (χ0n) is 7.37. The first-order valence-corrected chi connectivity index (χ1v) is 3.99. The van der Waals surface area contributed by atoms with Crippen molar-refractivity contribution < 1.29 is 4.79 Å². The molecule has 0 unspecified atom stereocenters. The molecule has 66 valence electrons. The van der Waals surface area contributed by atoms with Crippen molar-refractivity contribution in [1.29, 1.82) is 0 Å². The van der Waals surface area contributed by atoms with Crippen LogP contribution in [-0.4, -0.2) is 10.9 Å². The summed E-state index contributed by atoms with van der Waals surface area (Å²) in [6.07, 6.45) is 0.853. The molecule has 0 bridgehead atoms. The fourth-order valence-electron chi connectivity index (χ4n) is 0.872. The molecule has 1 aromatic rings. The van der Waals surface area contributed by atoms with Gasteiger partial charge >= 0.3 is 0 Å². The Morgan fingerprint density at radius 2 is 2.38 bits per heavy atom. The minimum absolute atomic E-state index is 0.582. The number of hydrogen-bond acceptors (Lipinski definition) is 2. The van der Waals surface area contributed by atoms with Crippen molar-refractivity contribution in [3.05, 3.63) is 29.6 Å². The Morgan fingerprint density at radius 1 is 1.62 bits per heavy atom. The van der Waals surface area contributed by atoms with Crippen molar-refractivity contribution in [2.45, 2.75) is 13.3 Å². The Balaban J connectivity index is 2.91. The maximum Gasteiger partial charge on any atom is 0.293 e. The van der Waals surface area contributed by atoms with Crippen molar-refractivity contribution in [3.8, 4) is 11.8 Å². The van der Waals surface area contributed by atoms with Gasteiger partial charge in [-0.1, -0.05) is 13.0 Å². The number of amides is 1. The van der Waals surface area contributed by atoms with E-state index < -0.39 is 5.91 Å². The Labute approximate surface area is 77.0 Å². The number of primary amides is 1. The van der Waals surface area contributed by atoms with E-state index in [1.807, 2.05) is 19.1 Å². The molecule has 0 saturated heterocycles. The number of carbonyl (C=O) groups is 1. The summed E-state index contributed by atoms with van der Waals surface area (Å²) in [6, 6.07) is 5.52. The molecular weight excluding hydrogens is 164 g/mol. The van der Waals surface area contributed by atoms with E-state index in [0.29, 0.717) is 5.69 Å². The highest BCUT2D eigenvalue weighted by atomic mass is 16.1. The van der Waals surface area contributed by atoms with Gasteiger partial charge in [-0.15, -0.1) is 0 Å². The maximum absolute atomic E-state index is 10.3. The maximum atomic E-state index is 10.3. The molecule has 3 heteroatoms. The molecule has 1 amide bonds. The summed E-state index contributed by atoms with van der Waals surface area (Å²) < 4.78 is 0. The third kappa shape index (κ3) is 2.96. The highest BCUT2D eigenvalue weighted by Gasteiger charge is 1.91. The van der Waals surface area contributed by atoms with E-state index in [9.17, 15) is 4.79 Å². The highest BCUT2D eigenvalue weighted by molar-refractivity contribution is 5.92. The average molecular weight is 174 g/mol. The Bertz CT molecular complexity index is 374. The third-order valence-corrected chi connectivity index (χ3v) is 1.48. The molecule has 3 nitrogen and oxygen atoms in total. The monoisotopic (exact) mass is 174 g/mol. The molecule has 0 aliphatic heterocycles. The van der Waals surface area contributed by atoms with Gasteiger partial charge in [0.2, 0.25) is 0 Å². The number of nitrogens with two attached hydrogens (primary N) is 1. The van der Waals surface area contributed by atoms with E-state index in [2.05, 4.69) is 16.8 Å². The van der Waals surface area contributed by atoms with Crippen molar-refractivity contribution in [3.63, 3.8) is 0 Å². The number of nitrogens with zero attached hydrogens (tertiary/aromatic N) is 1. The smallest absolute Gasteiger partial charge is 0.293 e. The second-order valence-corrected chi connectivity index (χ2v) is 2.48. The Morgan fingerprint density at radius 3 is 3.00 bits per heavy atom. The topological polar surface area (TPSA) is 56.0 Å². The van der Waals surface area contributed by atoms with Crippen LogP contribution < -0.4 is 5.73 Å². The average Bonchev–Trinajstić information content (AvgIpc) is 2.15. The van der Waals surface area contributed by atoms with Gasteiger partial charge in [0.1, 0.15) is 5.69 Å². The van der Waals surface area contributed by atoms with Gasteiger partial charge in [0.05, 0.1) is 0 Å². The zero-order chi connectivity index (χ0) is 9.68. The number of hydrogen-bond donors (Lipinski definition) is 1. The van der Waals surface area contributed by atoms with Gasteiger partial charge in [-0.05, 0) is 24.5 Å². The highest BCUT2D eigenvalue weighted by Crippen LogP contribution is 1.98. The molecule has 0 aliphatic carbocycles. The predicted octanol–water partition coefficient (Wildman–Crippen LogP) is 0.481. The molecule has 2 N–H and O–H groups in total. The van der Waals surface area contributed by atoms with Crippen LogP contribution in [0.5, 0.6) is 0 Å². The van der Waals surface area contributed by atoms with Crippen LogP contribution in [0.15, 0.2) is 18.2 Å². The predicted molar refractivity (Wildman–Crippen MR) is 49.7 cm³/mol. The molecule has 0 atom stereocenters. The van der Waals surface area contributed by atoms with E-state index >= 15 is 0 Å². The van der Waals surface area contributed by atoms with E-state index in [-0.39, 0.29) is 0 Å². The zero-order valence-corrected chi connectivity index (χ0v) is 7.37. The quantitative estimate of drug-likeness (QED) is 0.629. The van der Waals surface area contributed by atoms with Crippen molar-refractivity contribution in [1.82, 2.24) is 4.98 Å². The minimum Gasteiger partial charge on any atom is -0.359 e. The van der Waals surface area contributed by atoms with Crippen LogP contribution in [0.25, 0.3) is 0 Å². The fourth-order valence-corrected chi connectivity index (χ4v) is 0.872. The molecule has 1 aromatic heterocycles. The third-order valence-electron chi connectivity index (χ3n) is 1.48. The number of pyridine rings is 1. The van der Waals surface area contributed by atoms with Gasteiger partial charge in [-0.25, -0.2) is 4.98 Å². The molecule has 1 heterocycles. The van der Waals surface area contributed by atoms with E-state index in [1.54, 1.807) is 6.07 Å². The SMILES string of the molecule is CCc1cccc(C#CC(N)=O)n1. The summed E-state index contributed by atoms with van der Waals surface area (Å²) in [5.74, 6) is 4.19. The number of aryl methyl sites for hydroxylation is 1. The second-order valence-electron chi connectivity index (χ2n) is 2.48. The summed E-state index contributed by atoms with van der Waals surface area (Å²) in [5.41, 5.74) is 6.41. The lowest BCUT2D eigenvalue weighted by atomic mass is 10.2. The standard InChI is InChI=1S/C10H10N2O/c1-2-8-4-3-5-9(12-8)6-7-10(11)13/h3-5H,2H2,1H3,(H2,11,13). The second kappa shape index (κ2) is 4.27. The largest absolute Gasteiger partial charge is 0.359 e. The van der Waals surface area contributed by atoms with Gasteiger partial charge in [0, 0.05) is 11.6 Å². The first-order valence-electron chi connectivity index (χ1n) is 3.99. The summed E-state index contributed by atoms with van der Waals surface area (Å²) >= 11 is 0. The number of rotatable bonds is 1. The van der Waals surface area contributed by atoms with Gasteiger partial charge in [-0.3, -0.25) is 4.79 Å². The Kier molecular flexibility index (Phi) is 3.04. The summed E-state index contributed by atoms with van der Waals surface area (Å²) in [7, 11) is 0. The Hall–Kier alpha value is -1.82. The van der Waals surface area contributed by atoms with Crippen molar-refractivity contribution in [2.24, 2.45) is 5.73 Å². The van der Waals surface area contributed by atoms with Crippen molar-refractivity contribution in [2.75, 3.05) is 0 Å². The van der Waals surface area contributed by atoms with Gasteiger partial charge in [0.25, 0.3) is 5.91 Å². The molecule has 13 heavy (non-hydrogen) atoms. The van der Waals surface area contributed by atoms with E-state index in [4.69, 9.17) is 5.73 Å². The molecule has 0 spiro atoms. The van der Waals surface area contributed by atoms with Crippen LogP contribution in [-0.2, 0) is 11.2 Å². The molecule has 1 rings (SSSR count). The van der Waals surface area contributed by atoms with Gasteiger partial charge < -0.3 is 5.73 Å². The lowest BCUT2D eigenvalue weighted by Crippen LogP contribution is -2.06. The molecule has 0 aliphatic rings. The number of carbonyl (C=O) groups excluding carboxylic acids is 1. The summed E-state index contributed by atoms with van der Waals surface area (Å²) in [6.45, 7) is 2.01. The van der Waals surface area contributed by atoms with Crippen LogP contribution in [0.4, 0.5) is 0 Å². The lowest BCUT2D eigenvalue weighted by Gasteiger charge is -1.94. The van der Waals surface area contributed by atoms with Crippen LogP contribution in [0.3, 0.4) is 0 Å². The molecule has 0 fully saturated rings. The fraction of sp³-hybridized carbons (Fsp3) is 0.200. The van der Waals surface area contributed by atoms with Gasteiger partial charge in [-0.2, -0.15) is 0 Å². The first-order chi connectivity index (χ1) is 6.22. The summed E-state index contributed by atoms with van der Waals surface area (Å²) in [5, 5.41) is 0. The van der Waals surface area contributed by atoms with Crippen LogP contribution >= 0.6 is 0 Å². The summed E-state index contributed by atoms with van der Waals surface area (Å²) in [4.78, 5) is 14.5. The molecule has 0 radical (unpaired) electrons. The first kappa shape index (κ1) is 9.27.